The fourth-order valence-corrected chi connectivity index (χ4v) is 6.18. The zero-order valence-corrected chi connectivity index (χ0v) is 24.5. The van der Waals surface area contributed by atoms with Crippen molar-refractivity contribution >= 4 is 51.6 Å². The van der Waals surface area contributed by atoms with Crippen molar-refractivity contribution in [2.24, 2.45) is 24.8 Å². The Balaban J connectivity index is 1.33. The quantitative estimate of drug-likeness (QED) is 0.377. The van der Waals surface area contributed by atoms with Crippen LogP contribution in [0.2, 0.25) is 5.02 Å². The number of amides is 1. The van der Waals surface area contributed by atoms with Gasteiger partial charge < -0.3 is 30.2 Å². The molecule has 0 bridgehead atoms. The van der Waals surface area contributed by atoms with E-state index >= 15 is 0 Å². The molecule has 0 spiro atoms. The van der Waals surface area contributed by atoms with Gasteiger partial charge in [0.2, 0.25) is 17.6 Å². The Kier molecular flexibility index (Phi) is 7.36. The molecule has 3 atom stereocenters. The summed E-state index contributed by atoms with van der Waals surface area (Å²) < 4.78 is 36.8. The van der Waals surface area contributed by atoms with Gasteiger partial charge in [0.15, 0.2) is 12.4 Å². The molecule has 42 heavy (non-hydrogen) atoms. The number of benzene rings is 1. The molecule has 224 valence electrons. The van der Waals surface area contributed by atoms with Crippen LogP contribution in [0.25, 0.3) is 10.9 Å². The lowest BCUT2D eigenvalue weighted by Crippen LogP contribution is -2.46. The van der Waals surface area contributed by atoms with Crippen LogP contribution < -0.4 is 31.1 Å². The largest absolute Gasteiger partial charge is 0.480 e. The highest BCUT2D eigenvalue weighted by Crippen LogP contribution is 2.45. The summed E-state index contributed by atoms with van der Waals surface area (Å²) in [4.78, 5) is 36.8. The number of nitrogens with zero attached hydrogens (tertiary/aromatic N) is 4. The number of rotatable bonds is 6. The molecule has 2 aromatic heterocycles. The first-order valence-corrected chi connectivity index (χ1v) is 14.7. The van der Waals surface area contributed by atoms with E-state index in [9.17, 15) is 18.4 Å². The third-order valence-corrected chi connectivity index (χ3v) is 8.55. The highest BCUT2D eigenvalue weighted by molar-refractivity contribution is 6.33. The molecule has 4 heterocycles. The minimum atomic E-state index is -3.12. The summed E-state index contributed by atoms with van der Waals surface area (Å²) in [5.41, 5.74) is 0.929. The number of hydrogen-bond donors (Lipinski definition) is 3. The molecule has 2 aliphatic heterocycles. The van der Waals surface area contributed by atoms with Gasteiger partial charge in [-0.15, -0.1) is 0 Å². The average molecular weight is 602 g/mol. The number of ether oxygens (including phenoxy) is 1. The molecule has 1 aromatic carbocycles. The van der Waals surface area contributed by atoms with Crippen LogP contribution in [0.4, 0.5) is 31.9 Å². The second-order valence-electron chi connectivity index (χ2n) is 11.6. The van der Waals surface area contributed by atoms with Crippen molar-refractivity contribution < 1.29 is 18.3 Å². The van der Waals surface area contributed by atoms with Gasteiger partial charge in [0.05, 0.1) is 29.4 Å². The number of fused-ring (bicyclic) bond motifs is 3. The number of carbonyl (C=O) groups excluding carboxylic acids is 1. The number of carbonyl (C=O) groups is 1. The van der Waals surface area contributed by atoms with Gasteiger partial charge in [-0.05, 0) is 56.2 Å². The number of aryl methyl sites for hydroxylation is 1. The lowest BCUT2D eigenvalue weighted by molar-refractivity contribution is -0.125. The van der Waals surface area contributed by atoms with Crippen LogP contribution in [-0.4, -0.2) is 58.6 Å². The maximum Gasteiger partial charge on any atom is 0.301 e. The summed E-state index contributed by atoms with van der Waals surface area (Å²) in [5, 5.41) is 9.99. The van der Waals surface area contributed by atoms with Crippen molar-refractivity contribution in [3.8, 4) is 5.75 Å². The number of pyridine rings is 1. The second-order valence-corrected chi connectivity index (χ2v) is 12.0. The third kappa shape index (κ3) is 5.32. The second kappa shape index (κ2) is 10.9. The van der Waals surface area contributed by atoms with Crippen molar-refractivity contribution in [2.45, 2.75) is 45.1 Å². The van der Waals surface area contributed by atoms with Crippen molar-refractivity contribution in [3.05, 3.63) is 39.8 Å². The highest BCUT2D eigenvalue weighted by Gasteiger charge is 2.51. The average Bonchev–Trinajstić information content (AvgIpc) is 3.80. The van der Waals surface area contributed by atoms with Crippen LogP contribution in [-0.2, 0) is 11.8 Å². The number of nitrogens with one attached hydrogen (secondary N) is 3. The Morgan fingerprint density at radius 3 is 2.81 bits per heavy atom. The Bertz CT molecular complexity index is 1600. The molecule has 10 nitrogen and oxygen atoms in total. The maximum atomic E-state index is 15.0. The van der Waals surface area contributed by atoms with Crippen LogP contribution in [0.3, 0.4) is 0 Å². The number of piperidine rings is 1. The van der Waals surface area contributed by atoms with Crippen LogP contribution in [0.5, 0.6) is 5.75 Å². The monoisotopic (exact) mass is 601 g/mol. The van der Waals surface area contributed by atoms with Gasteiger partial charge in [0.1, 0.15) is 5.02 Å². The van der Waals surface area contributed by atoms with E-state index in [1.807, 2.05) is 11.8 Å². The third-order valence-electron chi connectivity index (χ3n) is 8.27. The normalized spacial score (nSPS) is 23.4. The Morgan fingerprint density at radius 2 is 2.07 bits per heavy atom. The Hall–Kier alpha value is -3.67. The molecule has 1 saturated heterocycles. The number of anilines is 4. The molecular formula is C29H34ClF2N7O3. The molecule has 13 heteroatoms. The summed E-state index contributed by atoms with van der Waals surface area (Å²) in [5.74, 6) is -2.50. The molecule has 1 saturated carbocycles. The molecule has 0 radical (unpaired) electrons. The highest BCUT2D eigenvalue weighted by atomic mass is 35.5. The predicted octanol–water partition coefficient (Wildman–Crippen LogP) is 4.54. The molecule has 2 fully saturated rings. The molecule has 3 aliphatic rings. The van der Waals surface area contributed by atoms with E-state index in [1.165, 1.54) is 10.8 Å². The van der Waals surface area contributed by atoms with Crippen LogP contribution in [0.1, 0.15) is 33.1 Å². The minimum absolute atomic E-state index is 0.0188. The van der Waals surface area contributed by atoms with E-state index in [0.717, 1.165) is 6.42 Å². The van der Waals surface area contributed by atoms with Gasteiger partial charge in [-0.3, -0.25) is 9.59 Å². The molecule has 1 aliphatic carbocycles. The van der Waals surface area contributed by atoms with E-state index in [-0.39, 0.29) is 35.1 Å². The first-order chi connectivity index (χ1) is 20.1. The van der Waals surface area contributed by atoms with Gasteiger partial charge in [-0.1, -0.05) is 18.5 Å². The predicted molar refractivity (Wildman–Crippen MR) is 158 cm³/mol. The first-order valence-electron chi connectivity index (χ1n) is 14.3. The van der Waals surface area contributed by atoms with Crippen molar-refractivity contribution in [1.82, 2.24) is 19.9 Å². The fraction of sp³-hybridized carbons (Fsp3) is 0.517. The van der Waals surface area contributed by atoms with Crippen LogP contribution in [0, 0.1) is 17.8 Å². The minimum Gasteiger partial charge on any atom is -0.480 e. The molecule has 1 unspecified atom stereocenters. The summed E-state index contributed by atoms with van der Waals surface area (Å²) >= 11 is 6.50. The molecular weight excluding hydrogens is 568 g/mol. The number of alkyl halides is 2. The van der Waals surface area contributed by atoms with Crippen molar-refractivity contribution in [1.29, 1.82) is 0 Å². The number of aromatic nitrogens is 3. The first kappa shape index (κ1) is 28.4. The lowest BCUT2D eigenvalue weighted by Gasteiger charge is -2.35. The standard InChI is InChI=1S/C29H34ClF2N7O3/c1-4-33-26(40)17-9-15(2)12-39(13-17)28-34-11-20(30)25(37-28)35-18-7-8-21-19(10-18)22-23(27(41)38(21)3)42-14-29(31,32)24(36-22)16-5-6-16/h7-8,10-11,15-17,24,36H,4-6,9,12-14H2,1-3H3,(H,33,40)(H,34,35,37)/t15-,17+,24?/m0/s1. The maximum absolute atomic E-state index is 15.0. The van der Waals surface area contributed by atoms with Crippen molar-refractivity contribution in [3.63, 3.8) is 0 Å². The summed E-state index contributed by atoms with van der Waals surface area (Å²) in [6.45, 7) is 4.90. The van der Waals surface area contributed by atoms with E-state index in [2.05, 4.69) is 32.8 Å². The molecule has 1 amide bonds. The van der Waals surface area contributed by atoms with Gasteiger partial charge in [-0.2, -0.15) is 4.98 Å². The zero-order chi connectivity index (χ0) is 29.8. The van der Waals surface area contributed by atoms with Gasteiger partial charge >= 0.3 is 5.92 Å². The van der Waals surface area contributed by atoms with Gasteiger partial charge in [0, 0.05) is 37.8 Å². The molecule has 3 N–H and O–H groups in total. The topological polar surface area (TPSA) is 113 Å². The summed E-state index contributed by atoms with van der Waals surface area (Å²) in [6.07, 6.45) is 3.70. The SMILES string of the molecule is CCNC(=O)[C@@H]1C[C@H](C)CN(c2ncc(Cl)c(Nc3ccc4c(c3)c3c(c(=O)n4C)OCC(F)(F)C(C4CC4)N3)n2)C1. The fourth-order valence-electron chi connectivity index (χ4n) is 6.04. The van der Waals surface area contributed by atoms with E-state index in [1.54, 1.807) is 25.2 Å². The zero-order valence-electron chi connectivity index (χ0n) is 23.7. The van der Waals surface area contributed by atoms with E-state index < -0.39 is 24.1 Å². The van der Waals surface area contributed by atoms with Gasteiger partial charge in [0.25, 0.3) is 5.56 Å². The van der Waals surface area contributed by atoms with Crippen LogP contribution >= 0.6 is 11.6 Å². The summed E-state index contributed by atoms with van der Waals surface area (Å²) in [7, 11) is 1.59. The summed E-state index contributed by atoms with van der Waals surface area (Å²) in [6, 6.07) is 4.16. The van der Waals surface area contributed by atoms with Crippen LogP contribution in [0.15, 0.2) is 29.2 Å². The van der Waals surface area contributed by atoms with Gasteiger partial charge in [-0.25, -0.2) is 13.8 Å². The lowest BCUT2D eigenvalue weighted by atomic mass is 9.90. The Labute approximate surface area is 246 Å². The number of halogens is 3. The molecule has 3 aromatic rings. The number of hydrogen-bond acceptors (Lipinski definition) is 8. The van der Waals surface area contributed by atoms with E-state index in [0.29, 0.717) is 65.9 Å². The smallest absolute Gasteiger partial charge is 0.301 e. The molecule has 6 rings (SSSR count). The Morgan fingerprint density at radius 1 is 1.29 bits per heavy atom. The van der Waals surface area contributed by atoms with E-state index in [4.69, 9.17) is 16.3 Å². The van der Waals surface area contributed by atoms with Crippen molar-refractivity contribution in [2.75, 3.05) is 41.8 Å².